The lowest BCUT2D eigenvalue weighted by atomic mass is 10.7. The van der Waals surface area contributed by atoms with Crippen molar-refractivity contribution in [3.05, 3.63) is 0 Å². The monoisotopic (exact) mass is 203 g/mol. The number of phosphoric acid groups is 1. The number of aliphatic hydroxyl groups excluding tert-OH is 1. The maximum atomic E-state index is 8.88. The van der Waals surface area contributed by atoms with Gasteiger partial charge in [-0.05, 0) is 6.92 Å². The van der Waals surface area contributed by atoms with Crippen LogP contribution < -0.4 is 5.73 Å². The maximum Gasteiger partial charge on any atom is 0.466 e. The molecule has 0 aromatic carbocycles. The summed E-state index contributed by atoms with van der Waals surface area (Å²) in [6.45, 7) is 2.44. The first kappa shape index (κ1) is 14.5. The molecule has 0 spiro atoms. The lowest BCUT2D eigenvalue weighted by Gasteiger charge is -2.02. The topological polar surface area (TPSA) is 133 Å². The Morgan fingerprint density at radius 3 is 1.92 bits per heavy atom. The highest BCUT2D eigenvalue weighted by Crippen LogP contribution is 2.25. The van der Waals surface area contributed by atoms with Gasteiger partial charge in [-0.1, -0.05) is 0 Å². The second-order valence-corrected chi connectivity index (χ2v) is 2.80. The van der Waals surface area contributed by atoms with Crippen LogP contribution >= 0.6 is 7.82 Å². The van der Waals surface area contributed by atoms with E-state index in [1.54, 1.807) is 6.92 Å². The fraction of sp³-hybridized carbons (Fsp3) is 1.00. The van der Waals surface area contributed by atoms with Crippen LogP contribution in [0.25, 0.3) is 0 Å². The van der Waals surface area contributed by atoms with Gasteiger partial charge in [0.15, 0.2) is 6.29 Å². The second-order valence-electron chi connectivity index (χ2n) is 1.77. The Hall–Kier alpha value is -0.0100. The van der Waals surface area contributed by atoms with Gasteiger partial charge in [0.1, 0.15) is 0 Å². The Balaban J connectivity index is 0. The zero-order chi connectivity index (χ0) is 10.2. The van der Waals surface area contributed by atoms with Gasteiger partial charge in [0.25, 0.3) is 0 Å². The lowest BCUT2D eigenvalue weighted by Crippen LogP contribution is -2.14. The average Bonchev–Trinajstić information content (AvgIpc) is 1.79. The first-order valence-electron chi connectivity index (χ1n) is 3.05. The Bertz CT molecular complexity index is 125. The van der Waals surface area contributed by atoms with Gasteiger partial charge in [-0.3, -0.25) is 0 Å². The first-order valence-corrected chi connectivity index (χ1v) is 4.62. The van der Waals surface area contributed by atoms with Crippen LogP contribution in [0.3, 0.4) is 0 Å². The van der Waals surface area contributed by atoms with Crippen molar-refractivity contribution >= 4 is 7.82 Å². The minimum absolute atomic E-state index is 0.428. The largest absolute Gasteiger partial charge is 0.466 e. The third-order valence-electron chi connectivity index (χ3n) is 0.477. The maximum absolute atomic E-state index is 8.88. The van der Waals surface area contributed by atoms with E-state index in [2.05, 4.69) is 4.74 Å². The summed E-state index contributed by atoms with van der Waals surface area (Å²) in [6.07, 6.45) is -0.677. The fourth-order valence-electron chi connectivity index (χ4n) is 0.239. The number of nitrogens with two attached hydrogens (primary N) is 1. The number of ether oxygens (including phenoxy) is 1. The molecule has 0 saturated heterocycles. The highest BCUT2D eigenvalue weighted by Gasteiger charge is 2.00. The van der Waals surface area contributed by atoms with Crippen LogP contribution in [0.15, 0.2) is 0 Å². The molecular formula is C4H14NO6P. The summed E-state index contributed by atoms with van der Waals surface area (Å²) >= 11 is 0. The molecule has 0 rings (SSSR count). The summed E-state index contributed by atoms with van der Waals surface area (Å²) in [5.74, 6) is 0. The number of aliphatic hydroxyl groups is 1. The molecule has 1 atom stereocenters. The van der Waals surface area contributed by atoms with Crippen molar-refractivity contribution < 1.29 is 29.1 Å². The Morgan fingerprint density at radius 1 is 1.50 bits per heavy atom. The SMILES string of the molecule is CC(O)OCCN.O=P(O)(O)O. The molecule has 0 amide bonds. The summed E-state index contributed by atoms with van der Waals surface area (Å²) < 4.78 is 13.5. The predicted molar refractivity (Wildman–Crippen MR) is 41.0 cm³/mol. The quantitative estimate of drug-likeness (QED) is 0.274. The van der Waals surface area contributed by atoms with Gasteiger partial charge in [0.2, 0.25) is 0 Å². The summed E-state index contributed by atoms with van der Waals surface area (Å²) in [6, 6.07) is 0. The molecule has 76 valence electrons. The Morgan fingerprint density at radius 2 is 1.83 bits per heavy atom. The Labute approximate surface area is 70.0 Å². The van der Waals surface area contributed by atoms with Crippen LogP contribution in [-0.4, -0.2) is 39.2 Å². The van der Waals surface area contributed by atoms with Crippen molar-refractivity contribution in [2.45, 2.75) is 13.2 Å². The van der Waals surface area contributed by atoms with Gasteiger partial charge in [0, 0.05) is 6.54 Å². The predicted octanol–water partition coefficient (Wildman–Crippen LogP) is -1.63. The Kier molecular flexibility index (Phi) is 9.23. The molecular weight excluding hydrogens is 189 g/mol. The highest BCUT2D eigenvalue weighted by atomic mass is 31.2. The van der Waals surface area contributed by atoms with Gasteiger partial charge < -0.3 is 30.3 Å². The lowest BCUT2D eigenvalue weighted by molar-refractivity contribution is -0.0819. The van der Waals surface area contributed by atoms with Crippen molar-refractivity contribution in [1.82, 2.24) is 0 Å². The fourth-order valence-corrected chi connectivity index (χ4v) is 0.239. The molecule has 0 bridgehead atoms. The summed E-state index contributed by atoms with van der Waals surface area (Å²) in [4.78, 5) is 21.6. The summed E-state index contributed by atoms with van der Waals surface area (Å²) in [5, 5.41) is 8.41. The number of rotatable bonds is 3. The molecule has 0 aliphatic carbocycles. The molecule has 0 radical (unpaired) electrons. The van der Waals surface area contributed by atoms with Crippen LogP contribution in [-0.2, 0) is 9.30 Å². The molecule has 6 N–H and O–H groups in total. The van der Waals surface area contributed by atoms with Crippen LogP contribution in [0.1, 0.15) is 6.92 Å². The van der Waals surface area contributed by atoms with Crippen molar-refractivity contribution in [2.24, 2.45) is 5.73 Å². The normalized spacial score (nSPS) is 13.2. The van der Waals surface area contributed by atoms with E-state index >= 15 is 0 Å². The average molecular weight is 203 g/mol. The molecule has 0 aliphatic rings. The van der Waals surface area contributed by atoms with Crippen LogP contribution in [0.5, 0.6) is 0 Å². The van der Waals surface area contributed by atoms with Crippen molar-refractivity contribution in [2.75, 3.05) is 13.2 Å². The smallest absolute Gasteiger partial charge is 0.368 e. The van der Waals surface area contributed by atoms with E-state index in [0.29, 0.717) is 13.2 Å². The van der Waals surface area contributed by atoms with Crippen LogP contribution in [0.2, 0.25) is 0 Å². The van der Waals surface area contributed by atoms with E-state index in [0.717, 1.165) is 0 Å². The van der Waals surface area contributed by atoms with E-state index in [-0.39, 0.29) is 0 Å². The van der Waals surface area contributed by atoms with Crippen molar-refractivity contribution in [1.29, 1.82) is 0 Å². The number of hydrogen-bond donors (Lipinski definition) is 5. The van der Waals surface area contributed by atoms with Crippen molar-refractivity contribution in [3.63, 3.8) is 0 Å². The van der Waals surface area contributed by atoms with Gasteiger partial charge in [-0.15, -0.1) is 0 Å². The van der Waals surface area contributed by atoms with Crippen molar-refractivity contribution in [3.8, 4) is 0 Å². The molecule has 8 heteroatoms. The molecule has 0 aliphatic heterocycles. The molecule has 7 nitrogen and oxygen atoms in total. The minimum atomic E-state index is -4.64. The van der Waals surface area contributed by atoms with E-state index in [1.807, 2.05) is 0 Å². The van der Waals surface area contributed by atoms with Crippen LogP contribution in [0, 0.1) is 0 Å². The van der Waals surface area contributed by atoms with E-state index in [9.17, 15) is 0 Å². The zero-order valence-corrected chi connectivity index (χ0v) is 7.52. The first-order chi connectivity index (χ1) is 5.27. The van der Waals surface area contributed by atoms with Gasteiger partial charge in [-0.25, -0.2) is 4.57 Å². The van der Waals surface area contributed by atoms with E-state index < -0.39 is 14.1 Å². The highest BCUT2D eigenvalue weighted by molar-refractivity contribution is 7.45. The molecule has 0 aromatic heterocycles. The molecule has 12 heavy (non-hydrogen) atoms. The summed E-state index contributed by atoms with van der Waals surface area (Å²) in [5.41, 5.74) is 5.04. The zero-order valence-electron chi connectivity index (χ0n) is 6.62. The molecule has 0 heterocycles. The molecule has 0 fully saturated rings. The number of hydrogen-bond acceptors (Lipinski definition) is 4. The van der Waals surface area contributed by atoms with E-state index in [1.165, 1.54) is 0 Å². The van der Waals surface area contributed by atoms with Gasteiger partial charge in [-0.2, -0.15) is 0 Å². The molecule has 0 saturated carbocycles. The standard InChI is InChI=1S/C4H11NO2.H3O4P/c1-4(6)7-3-2-5;1-5(2,3)4/h4,6H,2-3,5H2,1H3;(H3,1,2,3,4). The van der Waals surface area contributed by atoms with Gasteiger partial charge in [0.05, 0.1) is 6.61 Å². The van der Waals surface area contributed by atoms with E-state index in [4.69, 9.17) is 30.1 Å². The minimum Gasteiger partial charge on any atom is -0.368 e. The molecule has 0 aromatic rings. The van der Waals surface area contributed by atoms with Crippen LogP contribution in [0.4, 0.5) is 0 Å². The third-order valence-corrected chi connectivity index (χ3v) is 0.477. The van der Waals surface area contributed by atoms with Gasteiger partial charge >= 0.3 is 7.82 Å². The third kappa shape index (κ3) is 50.7. The summed E-state index contributed by atoms with van der Waals surface area (Å²) in [7, 11) is -4.64. The molecule has 1 unspecified atom stereocenters. The second kappa shape index (κ2) is 7.63.